The molecule has 5 nitrogen and oxygen atoms in total. The first kappa shape index (κ1) is 18.1. The number of nitrogens with two attached hydrogens (primary N) is 1. The molecule has 2 heterocycles. The van der Waals surface area contributed by atoms with E-state index < -0.39 is 10.0 Å². The number of aryl methyl sites for hydroxylation is 1. The summed E-state index contributed by atoms with van der Waals surface area (Å²) < 4.78 is 27.6. The van der Waals surface area contributed by atoms with Crippen LogP contribution in [0.4, 0.5) is 0 Å². The Labute approximate surface area is 143 Å². The highest BCUT2D eigenvalue weighted by atomic mass is 35.5. The van der Waals surface area contributed by atoms with Gasteiger partial charge in [0, 0.05) is 30.7 Å². The molecule has 2 unspecified atom stereocenters. The second kappa shape index (κ2) is 6.73. The SMILES string of the molecule is Cc1ccc(S(=O)(=O)N2CCC(N)C(C)C2)c2cccnc12.Cl. The van der Waals surface area contributed by atoms with E-state index in [1.165, 1.54) is 0 Å². The predicted octanol–water partition coefficient (Wildman–Crippen LogP) is 2.32. The molecule has 1 aliphatic heterocycles. The van der Waals surface area contributed by atoms with E-state index in [9.17, 15) is 8.42 Å². The van der Waals surface area contributed by atoms with Crippen LogP contribution in [0.1, 0.15) is 18.9 Å². The molecule has 0 spiro atoms. The van der Waals surface area contributed by atoms with Crippen LogP contribution in [0.25, 0.3) is 10.9 Å². The number of rotatable bonds is 2. The molecule has 126 valence electrons. The summed E-state index contributed by atoms with van der Waals surface area (Å²) >= 11 is 0. The largest absolute Gasteiger partial charge is 0.327 e. The standard InChI is InChI=1S/C16H21N3O2S.ClH/c1-11-5-6-15(13-4-3-8-18-16(11)13)22(20,21)19-9-7-14(17)12(2)10-19;/h3-6,8,12,14H,7,9-10,17H2,1-2H3;1H. The van der Waals surface area contributed by atoms with Gasteiger partial charge < -0.3 is 5.73 Å². The topological polar surface area (TPSA) is 76.3 Å². The minimum Gasteiger partial charge on any atom is -0.327 e. The molecule has 0 amide bonds. The number of hydrogen-bond acceptors (Lipinski definition) is 4. The van der Waals surface area contributed by atoms with Crippen LogP contribution in [-0.4, -0.2) is 36.8 Å². The second-order valence-electron chi connectivity index (χ2n) is 6.07. The molecule has 7 heteroatoms. The summed E-state index contributed by atoms with van der Waals surface area (Å²) in [6, 6.07) is 7.18. The molecule has 2 atom stereocenters. The van der Waals surface area contributed by atoms with E-state index in [-0.39, 0.29) is 24.4 Å². The number of nitrogens with zero attached hydrogens (tertiary/aromatic N) is 2. The van der Waals surface area contributed by atoms with Gasteiger partial charge in [-0.25, -0.2) is 8.42 Å². The first-order valence-corrected chi connectivity index (χ1v) is 8.95. The van der Waals surface area contributed by atoms with Gasteiger partial charge in [-0.05, 0) is 43.0 Å². The van der Waals surface area contributed by atoms with E-state index in [2.05, 4.69) is 4.98 Å². The molecular weight excluding hydrogens is 334 g/mol. The zero-order valence-electron chi connectivity index (χ0n) is 13.3. The van der Waals surface area contributed by atoms with Crippen molar-refractivity contribution in [1.29, 1.82) is 0 Å². The Morgan fingerprint density at radius 3 is 2.74 bits per heavy atom. The van der Waals surface area contributed by atoms with Crippen molar-refractivity contribution < 1.29 is 8.42 Å². The molecule has 2 aromatic rings. The van der Waals surface area contributed by atoms with E-state index >= 15 is 0 Å². The van der Waals surface area contributed by atoms with Gasteiger partial charge in [-0.1, -0.05) is 13.0 Å². The summed E-state index contributed by atoms with van der Waals surface area (Å²) in [6.45, 7) is 4.89. The number of pyridine rings is 1. The normalized spacial score (nSPS) is 22.7. The molecule has 3 rings (SSSR count). The molecule has 1 aromatic carbocycles. The van der Waals surface area contributed by atoms with E-state index in [4.69, 9.17) is 5.73 Å². The highest BCUT2D eigenvalue weighted by Crippen LogP contribution is 2.29. The smallest absolute Gasteiger partial charge is 0.243 e. The molecule has 2 N–H and O–H groups in total. The molecule has 1 aromatic heterocycles. The molecule has 1 aliphatic rings. The number of sulfonamides is 1. The zero-order chi connectivity index (χ0) is 15.9. The van der Waals surface area contributed by atoms with Crippen LogP contribution in [0.15, 0.2) is 35.4 Å². The average Bonchev–Trinajstić information content (AvgIpc) is 2.50. The summed E-state index contributed by atoms with van der Waals surface area (Å²) in [5.41, 5.74) is 7.72. The molecule has 1 saturated heterocycles. The van der Waals surface area contributed by atoms with Gasteiger partial charge in [0.15, 0.2) is 0 Å². The van der Waals surface area contributed by atoms with Crippen LogP contribution in [0, 0.1) is 12.8 Å². The fraction of sp³-hybridized carbons (Fsp3) is 0.438. The molecule has 0 bridgehead atoms. The summed E-state index contributed by atoms with van der Waals surface area (Å²) in [5.74, 6) is 0.165. The van der Waals surface area contributed by atoms with Crippen LogP contribution >= 0.6 is 12.4 Å². The van der Waals surface area contributed by atoms with Crippen molar-refractivity contribution in [2.24, 2.45) is 11.7 Å². The number of fused-ring (bicyclic) bond motifs is 1. The average molecular weight is 356 g/mol. The monoisotopic (exact) mass is 355 g/mol. The lowest BCUT2D eigenvalue weighted by molar-refractivity contribution is 0.250. The van der Waals surface area contributed by atoms with Gasteiger partial charge in [0.1, 0.15) is 0 Å². The van der Waals surface area contributed by atoms with Crippen molar-refractivity contribution >= 4 is 33.3 Å². The number of benzene rings is 1. The highest BCUT2D eigenvalue weighted by molar-refractivity contribution is 7.89. The van der Waals surface area contributed by atoms with Crippen molar-refractivity contribution in [3.05, 3.63) is 36.0 Å². The molecule has 0 saturated carbocycles. The molecule has 0 radical (unpaired) electrons. The first-order chi connectivity index (χ1) is 10.4. The number of hydrogen-bond donors (Lipinski definition) is 1. The maximum Gasteiger partial charge on any atom is 0.243 e. The Morgan fingerprint density at radius 1 is 1.30 bits per heavy atom. The maximum atomic E-state index is 13.0. The Hall–Kier alpha value is -1.21. The van der Waals surface area contributed by atoms with E-state index in [1.54, 1.807) is 22.6 Å². The lowest BCUT2D eigenvalue weighted by atomic mass is 9.96. The summed E-state index contributed by atoms with van der Waals surface area (Å²) in [5, 5.41) is 0.685. The van der Waals surface area contributed by atoms with Crippen LogP contribution in [0.3, 0.4) is 0 Å². The summed E-state index contributed by atoms with van der Waals surface area (Å²) in [4.78, 5) is 4.66. The van der Waals surface area contributed by atoms with E-state index in [0.29, 0.717) is 29.8 Å². The van der Waals surface area contributed by atoms with Gasteiger partial charge in [-0.15, -0.1) is 12.4 Å². The summed E-state index contributed by atoms with van der Waals surface area (Å²) in [7, 11) is -3.52. The third kappa shape index (κ3) is 3.21. The van der Waals surface area contributed by atoms with Crippen molar-refractivity contribution in [2.75, 3.05) is 13.1 Å². The predicted molar refractivity (Wildman–Crippen MR) is 94.2 cm³/mol. The van der Waals surface area contributed by atoms with Crippen LogP contribution in [0.2, 0.25) is 0 Å². The highest BCUT2D eigenvalue weighted by Gasteiger charge is 2.33. The van der Waals surface area contributed by atoms with Gasteiger partial charge in [0.25, 0.3) is 0 Å². The van der Waals surface area contributed by atoms with Crippen molar-refractivity contribution in [3.63, 3.8) is 0 Å². The van der Waals surface area contributed by atoms with Gasteiger partial charge in [-0.2, -0.15) is 4.31 Å². The van der Waals surface area contributed by atoms with Gasteiger partial charge in [0.2, 0.25) is 10.0 Å². The Bertz CT molecular complexity index is 810. The molecule has 23 heavy (non-hydrogen) atoms. The van der Waals surface area contributed by atoms with Crippen LogP contribution in [0.5, 0.6) is 0 Å². The van der Waals surface area contributed by atoms with Gasteiger partial charge >= 0.3 is 0 Å². The fourth-order valence-electron chi connectivity index (χ4n) is 3.00. The molecule has 1 fully saturated rings. The number of halogens is 1. The first-order valence-electron chi connectivity index (χ1n) is 7.51. The minimum atomic E-state index is -3.52. The van der Waals surface area contributed by atoms with Crippen molar-refractivity contribution in [3.8, 4) is 0 Å². The Morgan fingerprint density at radius 2 is 2.04 bits per heavy atom. The van der Waals surface area contributed by atoms with Crippen molar-refractivity contribution in [1.82, 2.24) is 9.29 Å². The number of aromatic nitrogens is 1. The van der Waals surface area contributed by atoms with Gasteiger partial charge in [-0.3, -0.25) is 4.98 Å². The van der Waals surface area contributed by atoms with E-state index in [1.807, 2.05) is 26.0 Å². The third-order valence-electron chi connectivity index (χ3n) is 4.48. The lowest BCUT2D eigenvalue weighted by Gasteiger charge is -2.34. The minimum absolute atomic E-state index is 0. The summed E-state index contributed by atoms with van der Waals surface area (Å²) in [6.07, 6.45) is 2.39. The Kier molecular flexibility index (Phi) is 5.30. The lowest BCUT2D eigenvalue weighted by Crippen LogP contribution is -2.48. The maximum absolute atomic E-state index is 13.0. The van der Waals surface area contributed by atoms with E-state index in [0.717, 1.165) is 11.1 Å². The third-order valence-corrected chi connectivity index (χ3v) is 6.41. The van der Waals surface area contributed by atoms with Gasteiger partial charge in [0.05, 0.1) is 10.4 Å². The van der Waals surface area contributed by atoms with Crippen LogP contribution < -0.4 is 5.73 Å². The number of piperidine rings is 1. The second-order valence-corrected chi connectivity index (χ2v) is 7.98. The van der Waals surface area contributed by atoms with Crippen molar-refractivity contribution in [2.45, 2.75) is 31.2 Å². The molecular formula is C16H22ClN3O2S. The fourth-order valence-corrected chi connectivity index (χ4v) is 4.73. The quantitative estimate of drug-likeness (QED) is 0.896. The Balaban J connectivity index is 0.00000192. The zero-order valence-corrected chi connectivity index (χ0v) is 14.9. The molecule has 0 aliphatic carbocycles. The van der Waals surface area contributed by atoms with Crippen LogP contribution in [-0.2, 0) is 10.0 Å².